The summed E-state index contributed by atoms with van der Waals surface area (Å²) in [6.45, 7) is 0. The summed E-state index contributed by atoms with van der Waals surface area (Å²) < 4.78 is 4.89. The van der Waals surface area contributed by atoms with Gasteiger partial charge in [-0.05, 0) is 0 Å². The van der Waals surface area contributed by atoms with Crippen LogP contribution >= 0.6 is 34.0 Å². The van der Waals surface area contributed by atoms with E-state index in [4.69, 9.17) is 0 Å². The van der Waals surface area contributed by atoms with E-state index in [1.807, 2.05) is 34.0 Å². The second-order valence-electron chi connectivity index (χ2n) is 4.06. The van der Waals surface area contributed by atoms with Gasteiger partial charge in [-0.1, -0.05) is 0 Å². The average molecular weight is 383 g/mol. The van der Waals surface area contributed by atoms with Crippen molar-refractivity contribution in [3.8, 4) is 0 Å². The fourth-order valence-electron chi connectivity index (χ4n) is 2.05. The molecule has 0 fully saturated rings. The molecule has 3 rings (SSSR count). The standard InChI is InChI=1S/3C4H3S.CH3.Sn/c3*1-2-4-5-3-1;;/h3*1-3H;1H3;. The zero-order valence-electron chi connectivity index (χ0n) is 9.42. The molecular weight excluding hydrogens is 371 g/mol. The van der Waals surface area contributed by atoms with Gasteiger partial charge >= 0.3 is 119 Å². The molecule has 3 aromatic rings. The molecule has 0 bridgehead atoms. The van der Waals surface area contributed by atoms with Gasteiger partial charge in [0.15, 0.2) is 0 Å². The molecule has 86 valence electrons. The van der Waals surface area contributed by atoms with Gasteiger partial charge in [0, 0.05) is 0 Å². The second kappa shape index (κ2) is 4.88. The fourth-order valence-corrected chi connectivity index (χ4v) is 23.4. The molecule has 0 atom stereocenters. The van der Waals surface area contributed by atoms with Crippen molar-refractivity contribution in [2.45, 2.75) is 4.94 Å². The summed E-state index contributed by atoms with van der Waals surface area (Å²) in [4.78, 5) is 2.54. The predicted octanol–water partition coefficient (Wildman–Crippen LogP) is 2.97. The Balaban J connectivity index is 2.21. The number of hydrogen-bond acceptors (Lipinski definition) is 3. The Labute approximate surface area is 117 Å². The molecule has 0 N–H and O–H groups in total. The van der Waals surface area contributed by atoms with E-state index in [0.29, 0.717) is 0 Å². The molecule has 0 saturated heterocycles. The molecular formula is C13H12S3Sn. The molecule has 0 amide bonds. The third-order valence-electron chi connectivity index (χ3n) is 3.04. The summed E-state index contributed by atoms with van der Waals surface area (Å²) in [5.41, 5.74) is 0. The van der Waals surface area contributed by atoms with E-state index in [-0.39, 0.29) is 0 Å². The molecule has 0 radical (unpaired) electrons. The number of thiophene rings is 3. The Morgan fingerprint density at radius 3 is 1.29 bits per heavy atom. The third kappa shape index (κ3) is 2.03. The van der Waals surface area contributed by atoms with Crippen LogP contribution in [0.2, 0.25) is 4.94 Å². The molecule has 0 spiro atoms. The second-order valence-corrected chi connectivity index (χ2v) is 21.0. The Kier molecular flexibility index (Phi) is 3.43. The first-order chi connectivity index (χ1) is 8.32. The normalized spacial score (nSPS) is 11.8. The monoisotopic (exact) mass is 384 g/mol. The van der Waals surface area contributed by atoms with Gasteiger partial charge in [-0.15, -0.1) is 0 Å². The molecule has 0 nitrogen and oxygen atoms in total. The van der Waals surface area contributed by atoms with Gasteiger partial charge < -0.3 is 0 Å². The van der Waals surface area contributed by atoms with E-state index >= 15 is 0 Å². The van der Waals surface area contributed by atoms with E-state index in [0.717, 1.165) is 0 Å². The first-order valence-electron chi connectivity index (χ1n) is 5.44. The molecule has 0 unspecified atom stereocenters. The Morgan fingerprint density at radius 1 is 0.706 bits per heavy atom. The Morgan fingerprint density at radius 2 is 1.06 bits per heavy atom. The minimum atomic E-state index is -2.53. The first-order valence-corrected chi connectivity index (χ1v) is 15.2. The van der Waals surface area contributed by atoms with Crippen LogP contribution < -0.4 is 8.68 Å². The zero-order valence-corrected chi connectivity index (χ0v) is 14.7. The van der Waals surface area contributed by atoms with Crippen LogP contribution in [0.5, 0.6) is 0 Å². The summed E-state index contributed by atoms with van der Waals surface area (Å²) in [5, 5.41) is 6.64. The van der Waals surface area contributed by atoms with Crippen LogP contribution in [-0.2, 0) is 0 Å². The van der Waals surface area contributed by atoms with Gasteiger partial charge in [-0.2, -0.15) is 0 Å². The van der Waals surface area contributed by atoms with Crippen LogP contribution in [0.3, 0.4) is 0 Å². The summed E-state index contributed by atoms with van der Waals surface area (Å²) in [6.07, 6.45) is 0. The van der Waals surface area contributed by atoms with Crippen LogP contribution in [0.1, 0.15) is 0 Å². The van der Waals surface area contributed by atoms with Crippen LogP contribution in [0, 0.1) is 0 Å². The third-order valence-corrected chi connectivity index (χ3v) is 26.2. The Bertz CT molecular complexity index is 480. The van der Waals surface area contributed by atoms with Gasteiger partial charge in [-0.3, -0.25) is 0 Å². The molecule has 3 aromatic heterocycles. The van der Waals surface area contributed by atoms with E-state index in [1.165, 1.54) is 0 Å². The van der Waals surface area contributed by atoms with E-state index in [9.17, 15) is 0 Å². The van der Waals surface area contributed by atoms with Gasteiger partial charge in [0.25, 0.3) is 0 Å². The summed E-state index contributed by atoms with van der Waals surface area (Å²) in [7, 11) is 0. The molecule has 0 aliphatic carbocycles. The topological polar surface area (TPSA) is 0 Å². The van der Waals surface area contributed by atoms with Crippen molar-refractivity contribution in [1.82, 2.24) is 0 Å². The van der Waals surface area contributed by atoms with Crippen molar-refractivity contribution in [1.29, 1.82) is 0 Å². The first kappa shape index (κ1) is 12.0. The fraction of sp³-hybridized carbons (Fsp3) is 0.0769. The molecule has 0 aromatic carbocycles. The average Bonchev–Trinajstić information content (AvgIpc) is 3.10. The Hall–Kier alpha value is -0.101. The van der Waals surface area contributed by atoms with E-state index in [2.05, 4.69) is 57.5 Å². The van der Waals surface area contributed by atoms with Crippen molar-refractivity contribution in [3.63, 3.8) is 0 Å². The summed E-state index contributed by atoms with van der Waals surface area (Å²) in [5.74, 6) is 0. The predicted molar refractivity (Wildman–Crippen MR) is 83.5 cm³/mol. The molecule has 17 heavy (non-hydrogen) atoms. The summed E-state index contributed by atoms with van der Waals surface area (Å²) >= 11 is 3.27. The van der Waals surface area contributed by atoms with Crippen molar-refractivity contribution >= 4 is 61.1 Å². The van der Waals surface area contributed by atoms with E-state index in [1.54, 1.807) is 8.68 Å². The van der Waals surface area contributed by atoms with Crippen LogP contribution in [-0.4, -0.2) is 18.4 Å². The molecule has 0 aliphatic heterocycles. The van der Waals surface area contributed by atoms with Gasteiger partial charge in [0.2, 0.25) is 0 Å². The molecule has 0 aliphatic rings. The maximum atomic E-state index is 2.54. The maximum absolute atomic E-state index is 2.54. The van der Waals surface area contributed by atoms with Crippen LogP contribution in [0.25, 0.3) is 0 Å². The number of rotatable bonds is 3. The van der Waals surface area contributed by atoms with Gasteiger partial charge in [-0.25, -0.2) is 0 Å². The van der Waals surface area contributed by atoms with Crippen molar-refractivity contribution in [3.05, 3.63) is 52.5 Å². The quantitative estimate of drug-likeness (QED) is 0.611. The van der Waals surface area contributed by atoms with Gasteiger partial charge in [0.1, 0.15) is 0 Å². The van der Waals surface area contributed by atoms with Gasteiger partial charge in [0.05, 0.1) is 0 Å². The summed E-state index contributed by atoms with van der Waals surface area (Å²) in [6, 6.07) is 13.6. The van der Waals surface area contributed by atoms with E-state index < -0.39 is 18.4 Å². The van der Waals surface area contributed by atoms with Crippen molar-refractivity contribution < 1.29 is 0 Å². The van der Waals surface area contributed by atoms with Crippen LogP contribution in [0.15, 0.2) is 52.5 Å². The molecule has 3 heterocycles. The number of hydrogen-bond donors (Lipinski definition) is 0. The van der Waals surface area contributed by atoms with Crippen molar-refractivity contribution in [2.75, 3.05) is 0 Å². The zero-order chi connectivity index (χ0) is 11.7. The molecule has 0 saturated carbocycles. The van der Waals surface area contributed by atoms with Crippen LogP contribution in [0.4, 0.5) is 0 Å². The van der Waals surface area contributed by atoms with Crippen molar-refractivity contribution in [2.24, 2.45) is 0 Å². The minimum absolute atomic E-state index is 1.63. The SMILES string of the molecule is [CH3][Sn]([c]1cccs1)([c]1cccs1)[c]1cccs1. The molecule has 4 heteroatoms.